The Hall–Kier alpha value is -2.49. The van der Waals surface area contributed by atoms with Gasteiger partial charge < -0.3 is 10.4 Å². The van der Waals surface area contributed by atoms with Gasteiger partial charge in [0, 0.05) is 29.2 Å². The van der Waals surface area contributed by atoms with Gasteiger partial charge in [-0.05, 0) is 36.8 Å². The van der Waals surface area contributed by atoms with E-state index in [1.54, 1.807) is 12.1 Å². The summed E-state index contributed by atoms with van der Waals surface area (Å²) >= 11 is 11.9. The number of sulfonamides is 1. The number of hydrogen-bond acceptors (Lipinski definition) is 4. The molecule has 0 radical (unpaired) electrons. The van der Waals surface area contributed by atoms with Crippen LogP contribution in [0.2, 0.25) is 10.0 Å². The summed E-state index contributed by atoms with van der Waals surface area (Å²) in [5.41, 5.74) is 1.28. The number of carbonyl (C=O) groups is 2. The SMILES string of the molecule is CNC(=O)N1CCc2c1cccc2N(CC(=O)O)S(=O)(=O)c1cc(Cl)cc(Cl)c1. The molecule has 11 heteroatoms. The van der Waals surface area contributed by atoms with E-state index in [1.165, 1.54) is 36.2 Å². The Labute approximate surface area is 177 Å². The molecule has 2 N–H and O–H groups in total. The summed E-state index contributed by atoms with van der Waals surface area (Å²) in [6, 6.07) is 8.22. The molecule has 0 fully saturated rings. The molecule has 2 aromatic rings. The Morgan fingerprint density at radius 2 is 1.86 bits per heavy atom. The lowest BCUT2D eigenvalue weighted by molar-refractivity contribution is -0.135. The largest absolute Gasteiger partial charge is 0.480 e. The molecule has 1 aliphatic rings. The predicted octanol–water partition coefficient (Wildman–Crippen LogP) is 2.98. The number of nitrogens with zero attached hydrogens (tertiary/aromatic N) is 2. The van der Waals surface area contributed by atoms with Crippen LogP contribution < -0.4 is 14.5 Å². The van der Waals surface area contributed by atoms with Crippen LogP contribution in [0.25, 0.3) is 0 Å². The zero-order valence-corrected chi connectivity index (χ0v) is 17.6. The number of urea groups is 1. The van der Waals surface area contributed by atoms with E-state index in [0.717, 1.165) is 4.31 Å². The van der Waals surface area contributed by atoms with Crippen molar-refractivity contribution in [2.24, 2.45) is 0 Å². The number of benzene rings is 2. The van der Waals surface area contributed by atoms with Crippen LogP contribution in [0.5, 0.6) is 0 Å². The van der Waals surface area contributed by atoms with Crippen LogP contribution in [-0.2, 0) is 21.2 Å². The van der Waals surface area contributed by atoms with E-state index in [-0.39, 0.29) is 26.7 Å². The highest BCUT2D eigenvalue weighted by atomic mass is 35.5. The van der Waals surface area contributed by atoms with Gasteiger partial charge in [0.1, 0.15) is 6.54 Å². The minimum absolute atomic E-state index is 0.107. The third-order valence-electron chi connectivity index (χ3n) is 4.43. The smallest absolute Gasteiger partial charge is 0.324 e. The highest BCUT2D eigenvalue weighted by molar-refractivity contribution is 7.92. The number of amides is 2. The second-order valence-corrected chi connectivity index (χ2v) is 8.98. The molecule has 1 aliphatic heterocycles. The number of hydrogen-bond donors (Lipinski definition) is 2. The first-order valence-electron chi connectivity index (χ1n) is 8.47. The summed E-state index contributed by atoms with van der Waals surface area (Å²) in [4.78, 5) is 24.8. The van der Waals surface area contributed by atoms with Gasteiger partial charge in [0.05, 0.1) is 16.3 Å². The number of rotatable bonds is 5. The number of carboxylic acid groups (broad SMARTS) is 1. The number of anilines is 2. The zero-order valence-electron chi connectivity index (χ0n) is 15.2. The lowest BCUT2D eigenvalue weighted by atomic mass is 10.1. The van der Waals surface area contributed by atoms with Crippen LogP contribution in [0.3, 0.4) is 0 Å². The zero-order chi connectivity index (χ0) is 21.3. The third-order valence-corrected chi connectivity index (χ3v) is 6.61. The molecule has 2 amide bonds. The van der Waals surface area contributed by atoms with Crippen LogP contribution in [0, 0.1) is 0 Å². The van der Waals surface area contributed by atoms with E-state index in [4.69, 9.17) is 23.2 Å². The molecule has 154 valence electrons. The van der Waals surface area contributed by atoms with Gasteiger partial charge in [0.2, 0.25) is 0 Å². The van der Waals surface area contributed by atoms with E-state index in [1.807, 2.05) is 0 Å². The first-order valence-corrected chi connectivity index (χ1v) is 10.7. The van der Waals surface area contributed by atoms with Gasteiger partial charge in [0.15, 0.2) is 0 Å². The van der Waals surface area contributed by atoms with E-state index in [2.05, 4.69) is 5.32 Å². The standard InChI is InChI=1S/C18H17Cl2N3O5S/c1-21-18(26)22-6-5-14-15(22)3-2-4-16(14)23(10-17(24)25)29(27,28)13-8-11(19)7-12(20)9-13/h2-4,7-9H,5-6,10H2,1H3,(H,21,26)(H,24,25). The van der Waals surface area contributed by atoms with E-state index < -0.39 is 22.5 Å². The molecule has 0 unspecified atom stereocenters. The molecule has 0 aliphatic carbocycles. The van der Waals surface area contributed by atoms with Gasteiger partial charge in [-0.3, -0.25) is 14.0 Å². The molecular weight excluding hydrogens is 441 g/mol. The molecule has 29 heavy (non-hydrogen) atoms. The molecule has 0 saturated carbocycles. The molecule has 0 saturated heterocycles. The van der Waals surface area contributed by atoms with Crippen molar-refractivity contribution in [2.45, 2.75) is 11.3 Å². The predicted molar refractivity (Wildman–Crippen MR) is 111 cm³/mol. The van der Waals surface area contributed by atoms with Crippen molar-refractivity contribution in [1.29, 1.82) is 0 Å². The van der Waals surface area contributed by atoms with Crippen LogP contribution in [-0.4, -0.2) is 45.7 Å². The Morgan fingerprint density at radius 1 is 1.21 bits per heavy atom. The topological polar surface area (TPSA) is 107 Å². The molecule has 1 heterocycles. The van der Waals surface area contributed by atoms with Gasteiger partial charge in [0.25, 0.3) is 10.0 Å². The van der Waals surface area contributed by atoms with Gasteiger partial charge >= 0.3 is 12.0 Å². The average molecular weight is 458 g/mol. The Morgan fingerprint density at radius 3 is 2.45 bits per heavy atom. The number of aliphatic carboxylic acids is 1. The number of nitrogens with one attached hydrogen (secondary N) is 1. The van der Waals surface area contributed by atoms with E-state index >= 15 is 0 Å². The monoisotopic (exact) mass is 457 g/mol. The number of fused-ring (bicyclic) bond motifs is 1. The number of halogens is 2. The first-order chi connectivity index (χ1) is 13.6. The molecule has 8 nitrogen and oxygen atoms in total. The lowest BCUT2D eigenvalue weighted by Crippen LogP contribution is -2.37. The summed E-state index contributed by atoms with van der Waals surface area (Å²) in [5, 5.41) is 12.1. The molecular formula is C18H17Cl2N3O5S. The summed E-state index contributed by atoms with van der Waals surface area (Å²) in [6.45, 7) is -0.459. The minimum Gasteiger partial charge on any atom is -0.480 e. The summed E-state index contributed by atoms with van der Waals surface area (Å²) in [5.74, 6) is -1.33. The maximum atomic E-state index is 13.3. The van der Waals surface area contributed by atoms with Crippen molar-refractivity contribution in [3.05, 3.63) is 52.0 Å². The maximum absolute atomic E-state index is 13.3. The Balaban J connectivity index is 2.15. The van der Waals surface area contributed by atoms with Crippen LogP contribution in [0.1, 0.15) is 5.56 Å². The summed E-state index contributed by atoms with van der Waals surface area (Å²) in [7, 11) is -2.80. The molecule has 0 spiro atoms. The molecule has 0 atom stereocenters. The van der Waals surface area contributed by atoms with Gasteiger partial charge in [-0.15, -0.1) is 0 Å². The Kier molecular flexibility index (Phi) is 5.92. The van der Waals surface area contributed by atoms with Gasteiger partial charge in [-0.1, -0.05) is 29.3 Å². The van der Waals surface area contributed by atoms with Gasteiger partial charge in [-0.25, -0.2) is 13.2 Å². The van der Waals surface area contributed by atoms with Crippen molar-refractivity contribution in [3.8, 4) is 0 Å². The molecule has 0 bridgehead atoms. The third kappa shape index (κ3) is 4.12. The highest BCUT2D eigenvalue weighted by Crippen LogP contribution is 2.38. The summed E-state index contributed by atoms with van der Waals surface area (Å²) in [6.07, 6.45) is 0.376. The van der Waals surface area contributed by atoms with Crippen molar-refractivity contribution in [2.75, 3.05) is 29.3 Å². The highest BCUT2D eigenvalue weighted by Gasteiger charge is 2.33. The first kappa shape index (κ1) is 21.2. The van der Waals surface area contributed by atoms with E-state index in [9.17, 15) is 23.1 Å². The van der Waals surface area contributed by atoms with Crippen molar-refractivity contribution in [1.82, 2.24) is 5.32 Å². The van der Waals surface area contributed by atoms with Crippen molar-refractivity contribution >= 4 is 56.6 Å². The molecule has 3 rings (SSSR count). The average Bonchev–Trinajstić information content (AvgIpc) is 3.09. The van der Waals surface area contributed by atoms with Gasteiger partial charge in [-0.2, -0.15) is 0 Å². The lowest BCUT2D eigenvalue weighted by Gasteiger charge is -2.25. The second kappa shape index (κ2) is 8.10. The van der Waals surface area contributed by atoms with Crippen molar-refractivity contribution < 1.29 is 23.1 Å². The maximum Gasteiger partial charge on any atom is 0.324 e. The minimum atomic E-state index is -4.29. The second-order valence-electron chi connectivity index (χ2n) is 6.24. The van der Waals surface area contributed by atoms with Crippen LogP contribution >= 0.6 is 23.2 Å². The number of carboxylic acids is 1. The van der Waals surface area contributed by atoms with E-state index in [0.29, 0.717) is 24.2 Å². The Bertz CT molecular complexity index is 1070. The summed E-state index contributed by atoms with van der Waals surface area (Å²) < 4.78 is 27.4. The molecule has 2 aromatic carbocycles. The normalized spacial score (nSPS) is 13.1. The van der Waals surface area contributed by atoms with Crippen molar-refractivity contribution in [3.63, 3.8) is 0 Å². The quantitative estimate of drug-likeness (QED) is 0.717. The number of carbonyl (C=O) groups excluding carboxylic acids is 1. The fourth-order valence-electron chi connectivity index (χ4n) is 3.22. The fourth-order valence-corrected chi connectivity index (χ4v) is 5.39. The fraction of sp³-hybridized carbons (Fsp3) is 0.222. The molecule has 0 aromatic heterocycles. The van der Waals surface area contributed by atoms with Crippen LogP contribution in [0.4, 0.5) is 16.2 Å². The van der Waals surface area contributed by atoms with Crippen LogP contribution in [0.15, 0.2) is 41.3 Å².